The van der Waals surface area contributed by atoms with E-state index in [2.05, 4.69) is 10.3 Å². The molecule has 0 spiro atoms. The van der Waals surface area contributed by atoms with Crippen molar-refractivity contribution < 1.29 is 14.3 Å². The molecule has 6 heteroatoms. The second-order valence-corrected chi connectivity index (χ2v) is 6.82. The monoisotopic (exact) mass is 364 g/mol. The zero-order chi connectivity index (χ0) is 17.9. The van der Waals surface area contributed by atoms with Crippen molar-refractivity contribution in [2.45, 2.75) is 6.10 Å². The van der Waals surface area contributed by atoms with Crippen LogP contribution in [0.3, 0.4) is 0 Å². The van der Waals surface area contributed by atoms with Crippen molar-refractivity contribution in [1.82, 2.24) is 10.3 Å². The van der Waals surface area contributed by atoms with E-state index in [0.717, 1.165) is 20.8 Å². The summed E-state index contributed by atoms with van der Waals surface area (Å²) in [5.74, 6) is 0.381. The van der Waals surface area contributed by atoms with Crippen LogP contribution in [0.25, 0.3) is 21.0 Å². The second kappa shape index (κ2) is 7.11. The summed E-state index contributed by atoms with van der Waals surface area (Å²) in [6.45, 7) is 0.111. The molecule has 0 radical (unpaired) electrons. The zero-order valence-corrected chi connectivity index (χ0v) is 14.6. The Labute approximate surface area is 153 Å². The Bertz CT molecular complexity index is 1010. The lowest BCUT2D eigenvalue weighted by atomic mass is 10.1. The molecule has 0 fully saturated rings. The number of aromatic nitrogens is 1. The van der Waals surface area contributed by atoms with E-state index >= 15 is 0 Å². The normalized spacial score (nSPS) is 12.2. The number of rotatable bonds is 5. The summed E-state index contributed by atoms with van der Waals surface area (Å²) in [5.41, 5.74) is 1.66. The summed E-state index contributed by atoms with van der Waals surface area (Å²) in [4.78, 5) is 16.8. The number of para-hydroxylation sites is 1. The van der Waals surface area contributed by atoms with Gasteiger partial charge in [-0.15, -0.1) is 11.3 Å². The Morgan fingerprint density at radius 2 is 1.85 bits per heavy atom. The zero-order valence-electron chi connectivity index (χ0n) is 13.8. The minimum Gasteiger partial charge on any atom is -0.448 e. The van der Waals surface area contributed by atoms with Gasteiger partial charge in [-0.05, 0) is 29.8 Å². The van der Waals surface area contributed by atoms with Crippen molar-refractivity contribution in [3.05, 3.63) is 78.1 Å². The largest absolute Gasteiger partial charge is 0.448 e. The van der Waals surface area contributed by atoms with Crippen LogP contribution < -0.4 is 5.32 Å². The molecule has 2 aromatic heterocycles. The van der Waals surface area contributed by atoms with Crippen LogP contribution in [0, 0.1) is 0 Å². The minimum atomic E-state index is -0.765. The average molecular weight is 364 g/mol. The summed E-state index contributed by atoms with van der Waals surface area (Å²) >= 11 is 1.51. The highest BCUT2D eigenvalue weighted by Gasteiger charge is 2.16. The number of aliphatic hydroxyl groups is 1. The van der Waals surface area contributed by atoms with Crippen molar-refractivity contribution in [3.63, 3.8) is 0 Å². The number of nitrogens with zero attached hydrogens (tertiary/aromatic N) is 1. The molecule has 4 rings (SSSR count). The number of benzene rings is 2. The van der Waals surface area contributed by atoms with E-state index in [1.54, 1.807) is 12.1 Å². The van der Waals surface area contributed by atoms with Crippen LogP contribution in [0.4, 0.5) is 0 Å². The van der Waals surface area contributed by atoms with E-state index in [1.165, 1.54) is 11.3 Å². The molecular weight excluding hydrogens is 348 g/mol. The molecule has 5 nitrogen and oxygen atoms in total. The number of carbonyl (C=O) groups is 1. The third-order valence-corrected chi connectivity index (χ3v) is 5.03. The highest BCUT2D eigenvalue weighted by Crippen LogP contribution is 2.31. The Morgan fingerprint density at radius 1 is 1.08 bits per heavy atom. The van der Waals surface area contributed by atoms with Crippen LogP contribution >= 0.6 is 11.3 Å². The van der Waals surface area contributed by atoms with Gasteiger partial charge in [-0.1, -0.05) is 42.5 Å². The van der Waals surface area contributed by atoms with Crippen LogP contribution in [0.15, 0.2) is 71.1 Å². The fourth-order valence-corrected chi connectivity index (χ4v) is 3.55. The van der Waals surface area contributed by atoms with Crippen molar-refractivity contribution >= 4 is 27.5 Å². The summed E-state index contributed by atoms with van der Waals surface area (Å²) < 4.78 is 6.72. The highest BCUT2D eigenvalue weighted by molar-refractivity contribution is 7.21. The number of thiazole rings is 1. The van der Waals surface area contributed by atoms with Crippen molar-refractivity contribution in [2.75, 3.05) is 6.54 Å². The van der Waals surface area contributed by atoms with E-state index in [1.807, 2.05) is 54.6 Å². The molecule has 26 heavy (non-hydrogen) atoms. The third-order valence-electron chi connectivity index (χ3n) is 3.97. The molecule has 0 aliphatic heterocycles. The van der Waals surface area contributed by atoms with E-state index in [4.69, 9.17) is 4.42 Å². The quantitative estimate of drug-likeness (QED) is 0.561. The van der Waals surface area contributed by atoms with Gasteiger partial charge in [0.05, 0.1) is 16.3 Å². The fourth-order valence-electron chi connectivity index (χ4n) is 2.62. The molecule has 2 heterocycles. The Morgan fingerprint density at radius 3 is 2.65 bits per heavy atom. The number of aliphatic hydroxyl groups excluding tert-OH is 1. The predicted octanol–water partition coefficient (Wildman–Crippen LogP) is 4.02. The van der Waals surface area contributed by atoms with Gasteiger partial charge in [-0.2, -0.15) is 0 Å². The molecular formula is C20H16N2O3S. The van der Waals surface area contributed by atoms with Crippen molar-refractivity contribution in [1.29, 1.82) is 0 Å². The molecule has 2 aromatic carbocycles. The minimum absolute atomic E-state index is 0.111. The standard InChI is InChI=1S/C20H16N2O3S/c23-15(13-6-2-1-3-7-13)12-21-19(24)16-10-11-17(25-16)20-22-14-8-4-5-9-18(14)26-20/h1-11,15,23H,12H2,(H,21,24)/t15-/m1/s1. The molecule has 2 N–H and O–H groups in total. The van der Waals surface area contributed by atoms with Gasteiger partial charge in [0.1, 0.15) is 0 Å². The highest BCUT2D eigenvalue weighted by atomic mass is 32.1. The number of furan rings is 1. The maximum absolute atomic E-state index is 12.3. The van der Waals surface area contributed by atoms with E-state index in [9.17, 15) is 9.90 Å². The SMILES string of the molecule is O=C(NC[C@@H](O)c1ccccc1)c1ccc(-c2nc3ccccc3s2)o1. The molecule has 0 aliphatic rings. The molecule has 4 aromatic rings. The summed E-state index contributed by atoms with van der Waals surface area (Å²) in [7, 11) is 0. The molecule has 0 saturated carbocycles. The predicted molar refractivity (Wildman–Crippen MR) is 101 cm³/mol. The molecule has 1 atom stereocenters. The average Bonchev–Trinajstić information content (AvgIpc) is 3.33. The number of amides is 1. The molecule has 0 aliphatic carbocycles. The first-order valence-corrected chi connectivity index (χ1v) is 8.99. The molecule has 1 amide bonds. The van der Waals surface area contributed by atoms with Gasteiger partial charge >= 0.3 is 0 Å². The van der Waals surface area contributed by atoms with Gasteiger partial charge in [0.2, 0.25) is 0 Å². The third kappa shape index (κ3) is 3.37. The first-order chi connectivity index (χ1) is 12.7. The van der Waals surface area contributed by atoms with Crippen molar-refractivity contribution in [2.24, 2.45) is 0 Å². The number of nitrogens with one attached hydrogen (secondary N) is 1. The maximum Gasteiger partial charge on any atom is 0.287 e. The maximum atomic E-state index is 12.3. The molecule has 0 bridgehead atoms. The molecule has 0 unspecified atom stereocenters. The number of hydrogen-bond acceptors (Lipinski definition) is 5. The molecule has 130 valence electrons. The van der Waals surface area contributed by atoms with Crippen LogP contribution in [-0.2, 0) is 0 Å². The summed E-state index contributed by atoms with van der Waals surface area (Å²) in [5, 5.41) is 13.5. The van der Waals surface area contributed by atoms with Gasteiger partial charge in [-0.25, -0.2) is 4.98 Å². The topological polar surface area (TPSA) is 75.4 Å². The van der Waals surface area contributed by atoms with Crippen LogP contribution in [-0.4, -0.2) is 22.5 Å². The van der Waals surface area contributed by atoms with Gasteiger partial charge in [0.25, 0.3) is 5.91 Å². The van der Waals surface area contributed by atoms with Gasteiger partial charge in [0.15, 0.2) is 16.5 Å². The van der Waals surface area contributed by atoms with Crippen molar-refractivity contribution in [3.8, 4) is 10.8 Å². The van der Waals surface area contributed by atoms with Gasteiger partial charge in [0, 0.05) is 6.54 Å². The summed E-state index contributed by atoms with van der Waals surface area (Å²) in [6, 6.07) is 20.4. The van der Waals surface area contributed by atoms with Gasteiger partial charge < -0.3 is 14.8 Å². The first-order valence-electron chi connectivity index (χ1n) is 8.18. The van der Waals surface area contributed by atoms with E-state index in [-0.39, 0.29) is 18.2 Å². The lowest BCUT2D eigenvalue weighted by Gasteiger charge is -2.11. The van der Waals surface area contributed by atoms with Crippen LogP contribution in [0.1, 0.15) is 22.2 Å². The number of hydrogen-bond donors (Lipinski definition) is 2. The lowest BCUT2D eigenvalue weighted by molar-refractivity contribution is 0.0890. The Balaban J connectivity index is 1.44. The molecule has 0 saturated heterocycles. The lowest BCUT2D eigenvalue weighted by Crippen LogP contribution is -2.28. The second-order valence-electron chi connectivity index (χ2n) is 5.79. The van der Waals surface area contributed by atoms with Crippen LogP contribution in [0.5, 0.6) is 0 Å². The fraction of sp³-hybridized carbons (Fsp3) is 0.100. The number of fused-ring (bicyclic) bond motifs is 1. The van der Waals surface area contributed by atoms with Crippen LogP contribution in [0.2, 0.25) is 0 Å². The Kier molecular flexibility index (Phi) is 4.51. The van der Waals surface area contributed by atoms with Gasteiger partial charge in [-0.3, -0.25) is 4.79 Å². The van der Waals surface area contributed by atoms with E-state index < -0.39 is 6.10 Å². The number of carbonyl (C=O) groups excluding carboxylic acids is 1. The Hall–Kier alpha value is -2.96. The summed E-state index contributed by atoms with van der Waals surface area (Å²) in [6.07, 6.45) is -0.765. The first kappa shape index (κ1) is 16.5. The smallest absolute Gasteiger partial charge is 0.287 e. The van der Waals surface area contributed by atoms with E-state index in [0.29, 0.717) is 5.76 Å².